The summed E-state index contributed by atoms with van der Waals surface area (Å²) in [6.45, 7) is 10.5. The summed E-state index contributed by atoms with van der Waals surface area (Å²) in [6.07, 6.45) is 4.42. The van der Waals surface area contributed by atoms with Crippen molar-refractivity contribution in [2.45, 2.75) is 33.6 Å². The van der Waals surface area contributed by atoms with Crippen molar-refractivity contribution in [2.24, 2.45) is 5.92 Å². The predicted molar refractivity (Wildman–Crippen MR) is 56.0 cm³/mol. The Morgan fingerprint density at radius 2 is 2.08 bits per heavy atom. The molecule has 0 amide bonds. The van der Waals surface area contributed by atoms with Gasteiger partial charge in [-0.05, 0) is 25.7 Å². The SMILES string of the molecule is C=C(CC/C=C(\C)NC)C(C)C. The Morgan fingerprint density at radius 3 is 2.50 bits per heavy atom. The van der Waals surface area contributed by atoms with Crippen LogP contribution in [0.25, 0.3) is 0 Å². The van der Waals surface area contributed by atoms with E-state index >= 15 is 0 Å². The monoisotopic (exact) mass is 167 g/mol. The van der Waals surface area contributed by atoms with E-state index in [1.54, 1.807) is 0 Å². The largest absolute Gasteiger partial charge is 0.392 e. The molecule has 0 heterocycles. The normalized spacial score (nSPS) is 11.9. The molecule has 0 radical (unpaired) electrons. The Morgan fingerprint density at radius 1 is 1.50 bits per heavy atom. The van der Waals surface area contributed by atoms with Gasteiger partial charge < -0.3 is 5.32 Å². The Balaban J connectivity index is 3.63. The highest BCUT2D eigenvalue weighted by molar-refractivity contribution is 5.02. The van der Waals surface area contributed by atoms with E-state index in [0.29, 0.717) is 5.92 Å². The van der Waals surface area contributed by atoms with Crippen LogP contribution in [0.1, 0.15) is 33.6 Å². The van der Waals surface area contributed by atoms with Crippen molar-refractivity contribution in [3.63, 3.8) is 0 Å². The van der Waals surface area contributed by atoms with E-state index in [4.69, 9.17) is 0 Å². The molecular weight excluding hydrogens is 146 g/mol. The molecular formula is C11H21N. The van der Waals surface area contributed by atoms with Gasteiger partial charge in [0.1, 0.15) is 0 Å². The fraction of sp³-hybridized carbons (Fsp3) is 0.636. The number of nitrogens with one attached hydrogen (secondary N) is 1. The minimum Gasteiger partial charge on any atom is -0.392 e. The molecule has 0 fully saturated rings. The summed E-state index contributed by atoms with van der Waals surface area (Å²) in [4.78, 5) is 0. The zero-order valence-electron chi connectivity index (χ0n) is 8.78. The Hall–Kier alpha value is -0.720. The standard InChI is InChI=1S/C11H21N/c1-9(2)10(3)7-6-8-11(4)12-5/h8-9,12H,3,6-7H2,1-2,4-5H3/b11-8+. The van der Waals surface area contributed by atoms with Crippen LogP contribution >= 0.6 is 0 Å². The molecule has 0 atom stereocenters. The van der Waals surface area contributed by atoms with E-state index in [1.165, 1.54) is 11.3 Å². The minimum atomic E-state index is 0.619. The molecule has 0 aliphatic rings. The third kappa shape index (κ3) is 5.00. The van der Waals surface area contributed by atoms with Crippen LogP contribution in [-0.2, 0) is 0 Å². The fourth-order valence-corrected chi connectivity index (χ4v) is 0.865. The quantitative estimate of drug-likeness (QED) is 0.620. The van der Waals surface area contributed by atoms with E-state index in [9.17, 15) is 0 Å². The van der Waals surface area contributed by atoms with Crippen LogP contribution in [0.2, 0.25) is 0 Å². The van der Waals surface area contributed by atoms with Gasteiger partial charge in [0.15, 0.2) is 0 Å². The van der Waals surface area contributed by atoms with E-state index in [-0.39, 0.29) is 0 Å². The third-order valence-electron chi connectivity index (χ3n) is 2.13. The van der Waals surface area contributed by atoms with Gasteiger partial charge in [-0.25, -0.2) is 0 Å². The number of hydrogen-bond acceptors (Lipinski definition) is 1. The Kier molecular flexibility index (Phi) is 5.52. The van der Waals surface area contributed by atoms with Gasteiger partial charge in [-0.15, -0.1) is 0 Å². The molecule has 0 spiro atoms. The van der Waals surface area contributed by atoms with Crippen molar-refractivity contribution in [2.75, 3.05) is 7.05 Å². The molecule has 1 heteroatoms. The second-order valence-electron chi connectivity index (χ2n) is 3.49. The van der Waals surface area contributed by atoms with Crippen molar-refractivity contribution < 1.29 is 0 Å². The third-order valence-corrected chi connectivity index (χ3v) is 2.13. The minimum absolute atomic E-state index is 0.619. The summed E-state index contributed by atoms with van der Waals surface area (Å²) in [6, 6.07) is 0. The van der Waals surface area contributed by atoms with Crippen LogP contribution in [0.15, 0.2) is 23.9 Å². The topological polar surface area (TPSA) is 12.0 Å². The average molecular weight is 167 g/mol. The first kappa shape index (κ1) is 11.3. The van der Waals surface area contributed by atoms with Gasteiger partial charge >= 0.3 is 0 Å². The Bertz CT molecular complexity index is 166. The summed E-state index contributed by atoms with van der Waals surface area (Å²) >= 11 is 0. The van der Waals surface area contributed by atoms with Crippen LogP contribution in [0.5, 0.6) is 0 Å². The van der Waals surface area contributed by atoms with Crippen LogP contribution in [-0.4, -0.2) is 7.05 Å². The van der Waals surface area contributed by atoms with E-state index < -0.39 is 0 Å². The smallest absolute Gasteiger partial charge is 0.00320 e. The summed E-state index contributed by atoms with van der Waals surface area (Å²) in [5.41, 5.74) is 2.58. The summed E-state index contributed by atoms with van der Waals surface area (Å²) < 4.78 is 0. The van der Waals surface area contributed by atoms with E-state index in [2.05, 4.69) is 38.7 Å². The summed E-state index contributed by atoms with van der Waals surface area (Å²) in [5, 5.41) is 3.10. The molecule has 0 aromatic heterocycles. The first-order valence-corrected chi connectivity index (χ1v) is 4.60. The second-order valence-corrected chi connectivity index (χ2v) is 3.49. The van der Waals surface area contributed by atoms with Gasteiger partial charge in [-0.2, -0.15) is 0 Å². The van der Waals surface area contributed by atoms with Crippen molar-refractivity contribution >= 4 is 0 Å². The van der Waals surface area contributed by atoms with Crippen molar-refractivity contribution in [3.05, 3.63) is 23.9 Å². The van der Waals surface area contributed by atoms with Gasteiger partial charge in [0.2, 0.25) is 0 Å². The van der Waals surface area contributed by atoms with Crippen molar-refractivity contribution in [3.8, 4) is 0 Å². The molecule has 0 aromatic rings. The first-order chi connectivity index (χ1) is 5.57. The molecule has 1 N–H and O–H groups in total. The molecule has 0 unspecified atom stereocenters. The molecule has 0 aliphatic carbocycles. The molecule has 0 aliphatic heterocycles. The number of allylic oxidation sites excluding steroid dienone is 3. The lowest BCUT2D eigenvalue weighted by Crippen LogP contribution is -2.01. The van der Waals surface area contributed by atoms with Gasteiger partial charge in [0.25, 0.3) is 0 Å². The molecule has 0 saturated carbocycles. The van der Waals surface area contributed by atoms with Gasteiger partial charge in [0.05, 0.1) is 0 Å². The molecule has 0 bridgehead atoms. The highest BCUT2D eigenvalue weighted by Gasteiger charge is 1.97. The fourth-order valence-electron chi connectivity index (χ4n) is 0.865. The van der Waals surface area contributed by atoms with Gasteiger partial charge in [-0.1, -0.05) is 32.1 Å². The average Bonchev–Trinajstić information content (AvgIpc) is 2.03. The maximum Gasteiger partial charge on any atom is 0.00320 e. The van der Waals surface area contributed by atoms with Crippen molar-refractivity contribution in [1.82, 2.24) is 5.32 Å². The molecule has 0 aromatic carbocycles. The highest BCUT2D eigenvalue weighted by atomic mass is 14.8. The molecule has 12 heavy (non-hydrogen) atoms. The van der Waals surface area contributed by atoms with Gasteiger partial charge in [-0.3, -0.25) is 0 Å². The lowest BCUT2D eigenvalue weighted by Gasteiger charge is -2.07. The zero-order valence-corrected chi connectivity index (χ0v) is 8.78. The predicted octanol–water partition coefficient (Wildman–Crippen LogP) is 3.10. The van der Waals surface area contributed by atoms with E-state index in [0.717, 1.165) is 12.8 Å². The maximum absolute atomic E-state index is 4.03. The summed E-state index contributed by atoms with van der Waals surface area (Å²) in [5.74, 6) is 0.619. The van der Waals surface area contributed by atoms with E-state index in [1.807, 2.05) is 7.05 Å². The Labute approximate surface area is 76.6 Å². The zero-order chi connectivity index (χ0) is 9.56. The molecule has 70 valence electrons. The first-order valence-electron chi connectivity index (χ1n) is 4.60. The van der Waals surface area contributed by atoms with Crippen LogP contribution in [0.3, 0.4) is 0 Å². The van der Waals surface area contributed by atoms with Crippen molar-refractivity contribution in [1.29, 1.82) is 0 Å². The number of hydrogen-bond donors (Lipinski definition) is 1. The van der Waals surface area contributed by atoms with Crippen LogP contribution < -0.4 is 5.32 Å². The van der Waals surface area contributed by atoms with Crippen LogP contribution in [0.4, 0.5) is 0 Å². The van der Waals surface area contributed by atoms with Crippen LogP contribution in [0, 0.1) is 5.92 Å². The molecule has 0 saturated heterocycles. The maximum atomic E-state index is 4.03. The summed E-state index contributed by atoms with van der Waals surface area (Å²) in [7, 11) is 1.95. The second kappa shape index (κ2) is 5.87. The molecule has 0 rings (SSSR count). The van der Waals surface area contributed by atoms with Gasteiger partial charge in [0, 0.05) is 12.7 Å². The number of rotatable bonds is 5. The lowest BCUT2D eigenvalue weighted by atomic mass is 10.0. The molecule has 1 nitrogen and oxygen atoms in total. The lowest BCUT2D eigenvalue weighted by molar-refractivity contribution is 0.717. The highest BCUT2D eigenvalue weighted by Crippen LogP contribution is 2.13.